The summed E-state index contributed by atoms with van der Waals surface area (Å²) in [4.78, 5) is 0. The summed E-state index contributed by atoms with van der Waals surface area (Å²) in [5.74, 6) is 2.83. The molecule has 3 rings (SSSR count). The normalized spacial score (nSPS) is 28.5. The minimum absolute atomic E-state index is 0.161. The molecule has 1 aromatic carbocycles. The third-order valence-corrected chi connectivity index (χ3v) is 12.3. The van der Waals surface area contributed by atoms with Gasteiger partial charge in [-0.2, -0.15) is 5.26 Å². The molecule has 0 N–H and O–H groups in total. The van der Waals surface area contributed by atoms with E-state index in [1.54, 1.807) is 14.2 Å². The highest BCUT2D eigenvalue weighted by Gasteiger charge is 2.47. The first-order chi connectivity index (χ1) is 14.6. The standard InChI is InChI=1S/C26H39NO3Si/c1-26(2,3)31(6,7)30-24-10-8-9-18-11-12-22(23(13-14-27)25(18)24)19-15-20(28-4)17-21(16-19)29-5/h11-12,15-18,22-25H,8-10,13H2,1-7H3/t18-,22-,23+,24+,25+/m1/s1. The van der Waals surface area contributed by atoms with Crippen molar-refractivity contribution < 1.29 is 13.9 Å². The van der Waals surface area contributed by atoms with Gasteiger partial charge in [-0.15, -0.1) is 0 Å². The van der Waals surface area contributed by atoms with Gasteiger partial charge in [0, 0.05) is 24.5 Å². The topological polar surface area (TPSA) is 51.5 Å². The van der Waals surface area contributed by atoms with Crippen LogP contribution >= 0.6 is 0 Å². The van der Waals surface area contributed by atoms with Gasteiger partial charge in [-0.3, -0.25) is 0 Å². The van der Waals surface area contributed by atoms with Crippen LogP contribution in [-0.2, 0) is 4.43 Å². The second-order valence-corrected chi connectivity index (χ2v) is 15.4. The number of nitrogens with zero attached hydrogens (tertiary/aromatic N) is 1. The number of allylic oxidation sites excluding steroid dienone is 2. The molecular formula is C26H39NO3Si. The van der Waals surface area contributed by atoms with Crippen molar-refractivity contribution in [3.8, 4) is 17.6 Å². The van der Waals surface area contributed by atoms with E-state index in [9.17, 15) is 5.26 Å². The zero-order valence-electron chi connectivity index (χ0n) is 20.3. The lowest BCUT2D eigenvalue weighted by Crippen LogP contribution is -2.50. The molecule has 5 heteroatoms. The number of fused-ring (bicyclic) bond motifs is 1. The van der Waals surface area contributed by atoms with Gasteiger partial charge >= 0.3 is 0 Å². The van der Waals surface area contributed by atoms with Crippen molar-refractivity contribution in [1.82, 2.24) is 0 Å². The Hall–Kier alpha value is -1.77. The predicted molar refractivity (Wildman–Crippen MR) is 128 cm³/mol. The molecule has 2 aliphatic carbocycles. The number of rotatable bonds is 6. The van der Waals surface area contributed by atoms with Crippen LogP contribution in [0.1, 0.15) is 57.9 Å². The molecule has 0 aliphatic heterocycles. The summed E-state index contributed by atoms with van der Waals surface area (Å²) in [5.41, 5.74) is 1.16. The second-order valence-electron chi connectivity index (χ2n) is 10.7. The van der Waals surface area contributed by atoms with Gasteiger partial charge in [0.25, 0.3) is 0 Å². The van der Waals surface area contributed by atoms with Crippen molar-refractivity contribution >= 4 is 8.32 Å². The van der Waals surface area contributed by atoms with E-state index < -0.39 is 8.32 Å². The zero-order chi connectivity index (χ0) is 22.8. The molecule has 0 amide bonds. The third-order valence-electron chi connectivity index (χ3n) is 7.81. The van der Waals surface area contributed by atoms with Crippen LogP contribution in [-0.4, -0.2) is 28.6 Å². The van der Waals surface area contributed by atoms with Gasteiger partial charge in [-0.05, 0) is 66.4 Å². The van der Waals surface area contributed by atoms with Crippen LogP contribution in [0, 0.1) is 29.1 Å². The monoisotopic (exact) mass is 441 g/mol. The fourth-order valence-electron chi connectivity index (χ4n) is 5.12. The van der Waals surface area contributed by atoms with Crippen LogP contribution in [0.3, 0.4) is 0 Å². The summed E-state index contributed by atoms with van der Waals surface area (Å²) < 4.78 is 18.1. The van der Waals surface area contributed by atoms with Crippen molar-refractivity contribution in [3.05, 3.63) is 35.9 Å². The maximum absolute atomic E-state index is 9.77. The molecule has 0 heterocycles. The molecular weight excluding hydrogens is 402 g/mol. The Bertz CT molecular complexity index is 814. The fourth-order valence-corrected chi connectivity index (χ4v) is 6.50. The van der Waals surface area contributed by atoms with E-state index in [0.717, 1.165) is 23.5 Å². The minimum Gasteiger partial charge on any atom is -0.497 e. The molecule has 0 saturated heterocycles. The summed E-state index contributed by atoms with van der Waals surface area (Å²) in [6.07, 6.45) is 8.96. The molecule has 1 aromatic rings. The number of ether oxygens (including phenoxy) is 2. The van der Waals surface area contributed by atoms with Crippen LogP contribution in [0.4, 0.5) is 0 Å². The van der Waals surface area contributed by atoms with Crippen LogP contribution < -0.4 is 9.47 Å². The maximum atomic E-state index is 9.77. The van der Waals surface area contributed by atoms with Crippen LogP contribution in [0.2, 0.25) is 18.1 Å². The molecule has 0 unspecified atom stereocenters. The lowest BCUT2D eigenvalue weighted by Gasteiger charge is -2.50. The van der Waals surface area contributed by atoms with E-state index in [1.165, 1.54) is 12.8 Å². The fraction of sp³-hybridized carbons (Fsp3) is 0.654. The molecule has 5 atom stereocenters. The first-order valence-corrected chi connectivity index (χ1v) is 14.5. The van der Waals surface area contributed by atoms with E-state index >= 15 is 0 Å². The van der Waals surface area contributed by atoms with Gasteiger partial charge < -0.3 is 13.9 Å². The Morgan fingerprint density at radius 3 is 2.23 bits per heavy atom. The first-order valence-electron chi connectivity index (χ1n) is 11.6. The van der Waals surface area contributed by atoms with Crippen LogP contribution in [0.15, 0.2) is 30.4 Å². The average molecular weight is 442 g/mol. The number of methoxy groups -OCH3 is 2. The van der Waals surface area contributed by atoms with E-state index in [4.69, 9.17) is 13.9 Å². The Morgan fingerprint density at radius 2 is 1.68 bits per heavy atom. The quantitative estimate of drug-likeness (QED) is 0.364. The number of hydrogen-bond donors (Lipinski definition) is 0. The molecule has 31 heavy (non-hydrogen) atoms. The van der Waals surface area contributed by atoms with E-state index in [0.29, 0.717) is 18.3 Å². The first kappa shape index (κ1) is 23.9. The molecule has 170 valence electrons. The largest absolute Gasteiger partial charge is 0.497 e. The Kier molecular flexibility index (Phi) is 7.23. The highest BCUT2D eigenvalue weighted by atomic mass is 28.4. The van der Waals surface area contributed by atoms with E-state index in [1.807, 2.05) is 6.07 Å². The van der Waals surface area contributed by atoms with Crippen molar-refractivity contribution in [2.45, 2.75) is 76.6 Å². The smallest absolute Gasteiger partial charge is 0.192 e. The SMILES string of the molecule is COc1cc(OC)cc([C@H]2C=C[C@H]3CCC[C@H](O[Si](C)(C)C(C)(C)C)[C@@H]3[C@H]2CC#N)c1. The molecule has 1 saturated carbocycles. The average Bonchev–Trinajstić information content (AvgIpc) is 2.72. The third kappa shape index (κ3) is 5.01. The van der Waals surface area contributed by atoms with Crippen LogP contribution in [0.25, 0.3) is 0 Å². The summed E-state index contributed by atoms with van der Waals surface area (Å²) in [6.45, 7) is 11.6. The van der Waals surface area contributed by atoms with Crippen molar-refractivity contribution in [2.24, 2.45) is 17.8 Å². The second kappa shape index (κ2) is 9.38. The Morgan fingerprint density at radius 1 is 1.03 bits per heavy atom. The number of benzene rings is 1. The zero-order valence-corrected chi connectivity index (χ0v) is 21.3. The highest BCUT2D eigenvalue weighted by molar-refractivity contribution is 6.74. The molecule has 2 aliphatic rings. The number of hydrogen-bond acceptors (Lipinski definition) is 4. The Balaban J connectivity index is 1.99. The van der Waals surface area contributed by atoms with E-state index in [-0.39, 0.29) is 23.0 Å². The van der Waals surface area contributed by atoms with Gasteiger partial charge in [-0.1, -0.05) is 39.3 Å². The molecule has 1 fully saturated rings. The van der Waals surface area contributed by atoms with E-state index in [2.05, 4.69) is 64.2 Å². The van der Waals surface area contributed by atoms with Gasteiger partial charge in [0.2, 0.25) is 0 Å². The predicted octanol–water partition coefficient (Wildman–Crippen LogP) is 6.69. The summed E-state index contributed by atoms with van der Waals surface area (Å²) in [6, 6.07) is 8.59. The van der Waals surface area contributed by atoms with Gasteiger partial charge in [0.1, 0.15) is 11.5 Å². The van der Waals surface area contributed by atoms with Crippen molar-refractivity contribution in [3.63, 3.8) is 0 Å². The lowest BCUT2D eigenvalue weighted by molar-refractivity contribution is 0.0132. The van der Waals surface area contributed by atoms with Crippen molar-refractivity contribution in [2.75, 3.05) is 14.2 Å². The van der Waals surface area contributed by atoms with Crippen LogP contribution in [0.5, 0.6) is 11.5 Å². The lowest BCUT2D eigenvalue weighted by atomic mass is 9.61. The molecule has 0 spiro atoms. The van der Waals surface area contributed by atoms with Gasteiger partial charge in [-0.25, -0.2) is 0 Å². The van der Waals surface area contributed by atoms with Gasteiger partial charge in [0.05, 0.1) is 20.3 Å². The highest BCUT2D eigenvalue weighted by Crippen LogP contribution is 2.51. The van der Waals surface area contributed by atoms with Crippen molar-refractivity contribution in [1.29, 1.82) is 5.26 Å². The molecule has 0 radical (unpaired) electrons. The minimum atomic E-state index is -1.90. The summed E-state index contributed by atoms with van der Waals surface area (Å²) >= 11 is 0. The number of nitriles is 1. The summed E-state index contributed by atoms with van der Waals surface area (Å²) in [5, 5.41) is 9.94. The maximum Gasteiger partial charge on any atom is 0.192 e. The molecule has 0 bridgehead atoms. The summed E-state index contributed by atoms with van der Waals surface area (Å²) in [7, 11) is 1.47. The molecule has 0 aromatic heterocycles. The Labute approximate surface area is 189 Å². The van der Waals surface area contributed by atoms with Gasteiger partial charge in [0.15, 0.2) is 8.32 Å². The molecule has 4 nitrogen and oxygen atoms in total.